The molecular weight excluding hydrogens is 230 g/mol. The van der Waals surface area contributed by atoms with E-state index in [1.54, 1.807) is 0 Å². The second-order valence-corrected chi connectivity index (χ2v) is 4.98. The lowest BCUT2D eigenvalue weighted by Gasteiger charge is -2.20. The van der Waals surface area contributed by atoms with Crippen LogP contribution in [-0.4, -0.2) is 43.0 Å². The fourth-order valence-electron chi connectivity index (χ4n) is 1.87. The van der Waals surface area contributed by atoms with Gasteiger partial charge in [0.15, 0.2) is 0 Å². The van der Waals surface area contributed by atoms with E-state index in [2.05, 4.69) is 22.5 Å². The maximum Gasteiger partial charge on any atom is 0.321 e. The molecule has 1 saturated carbocycles. The zero-order valence-corrected chi connectivity index (χ0v) is 11.5. The molecule has 0 radical (unpaired) electrons. The monoisotopic (exact) mass is 255 g/mol. The van der Waals surface area contributed by atoms with Crippen molar-refractivity contribution in [3.63, 3.8) is 0 Å². The minimum absolute atomic E-state index is 0.210. The molecule has 0 aromatic rings. The van der Waals surface area contributed by atoms with Crippen LogP contribution in [-0.2, 0) is 4.79 Å². The highest BCUT2D eigenvalue weighted by atomic mass is 16.2. The van der Waals surface area contributed by atoms with Crippen molar-refractivity contribution in [2.75, 3.05) is 26.2 Å². The van der Waals surface area contributed by atoms with E-state index in [1.165, 1.54) is 12.8 Å². The predicted octanol–water partition coefficient (Wildman–Crippen LogP) is 1.34. The van der Waals surface area contributed by atoms with Gasteiger partial charge < -0.3 is 5.32 Å². The van der Waals surface area contributed by atoms with Crippen molar-refractivity contribution in [3.05, 3.63) is 0 Å². The molecule has 0 saturated heterocycles. The standard InChI is InChI=1S/C13H25N3O2/c1-3-7-14-13(18)15-12(17)10-16(8-4-2)9-11-5-6-11/h11H,3-10H2,1-2H3,(H2,14,15,17,18). The Hall–Kier alpha value is -1.10. The quantitative estimate of drug-likeness (QED) is 0.688. The van der Waals surface area contributed by atoms with E-state index >= 15 is 0 Å². The topological polar surface area (TPSA) is 61.4 Å². The van der Waals surface area contributed by atoms with Gasteiger partial charge in [0.05, 0.1) is 6.54 Å². The first kappa shape index (κ1) is 15.0. The van der Waals surface area contributed by atoms with Gasteiger partial charge in [-0.15, -0.1) is 0 Å². The second kappa shape index (κ2) is 8.08. The Morgan fingerprint density at radius 1 is 1.22 bits per heavy atom. The Kier molecular flexibility index (Phi) is 6.72. The van der Waals surface area contributed by atoms with Gasteiger partial charge >= 0.3 is 6.03 Å². The highest BCUT2D eigenvalue weighted by molar-refractivity contribution is 5.95. The van der Waals surface area contributed by atoms with Crippen LogP contribution in [0.1, 0.15) is 39.5 Å². The first-order valence-corrected chi connectivity index (χ1v) is 6.95. The molecule has 5 heteroatoms. The number of hydrogen-bond donors (Lipinski definition) is 2. The largest absolute Gasteiger partial charge is 0.338 e. The van der Waals surface area contributed by atoms with Crippen LogP contribution in [0.5, 0.6) is 0 Å². The van der Waals surface area contributed by atoms with Gasteiger partial charge in [-0.2, -0.15) is 0 Å². The molecule has 3 amide bonds. The predicted molar refractivity (Wildman–Crippen MR) is 71.3 cm³/mol. The normalized spacial score (nSPS) is 14.6. The van der Waals surface area contributed by atoms with Gasteiger partial charge in [0.1, 0.15) is 0 Å². The number of amides is 3. The molecule has 104 valence electrons. The lowest BCUT2D eigenvalue weighted by molar-refractivity contribution is -0.121. The third-order valence-electron chi connectivity index (χ3n) is 2.91. The zero-order chi connectivity index (χ0) is 13.4. The molecule has 0 aromatic heterocycles. The lowest BCUT2D eigenvalue weighted by Crippen LogP contribution is -2.45. The number of carbonyl (C=O) groups is 2. The molecule has 0 aromatic carbocycles. The van der Waals surface area contributed by atoms with Crippen molar-refractivity contribution in [2.45, 2.75) is 39.5 Å². The van der Waals surface area contributed by atoms with Gasteiger partial charge in [0, 0.05) is 13.1 Å². The van der Waals surface area contributed by atoms with Crippen LogP contribution < -0.4 is 10.6 Å². The molecule has 2 N–H and O–H groups in total. The highest BCUT2D eigenvalue weighted by Crippen LogP contribution is 2.29. The summed E-state index contributed by atoms with van der Waals surface area (Å²) in [5.41, 5.74) is 0. The maximum absolute atomic E-state index is 11.7. The summed E-state index contributed by atoms with van der Waals surface area (Å²) < 4.78 is 0. The number of imide groups is 1. The van der Waals surface area contributed by atoms with Crippen molar-refractivity contribution >= 4 is 11.9 Å². The molecule has 0 spiro atoms. The van der Waals surface area contributed by atoms with Gasteiger partial charge in [0.25, 0.3) is 0 Å². The number of urea groups is 1. The number of carbonyl (C=O) groups excluding carboxylic acids is 2. The third kappa shape index (κ3) is 6.59. The van der Waals surface area contributed by atoms with Crippen LogP contribution in [0.2, 0.25) is 0 Å². The van der Waals surface area contributed by atoms with Gasteiger partial charge in [-0.1, -0.05) is 13.8 Å². The minimum atomic E-state index is -0.385. The van der Waals surface area contributed by atoms with Crippen molar-refractivity contribution in [1.29, 1.82) is 0 Å². The summed E-state index contributed by atoms with van der Waals surface area (Å²) in [5, 5.41) is 5.00. The molecule has 0 heterocycles. The van der Waals surface area contributed by atoms with E-state index in [4.69, 9.17) is 0 Å². The Bertz CT molecular complexity index is 277. The van der Waals surface area contributed by atoms with Crippen LogP contribution in [0.25, 0.3) is 0 Å². The smallest absolute Gasteiger partial charge is 0.321 e. The highest BCUT2D eigenvalue weighted by Gasteiger charge is 2.25. The molecule has 0 atom stereocenters. The van der Waals surface area contributed by atoms with Crippen molar-refractivity contribution in [2.24, 2.45) is 5.92 Å². The number of rotatable bonds is 8. The molecule has 0 aliphatic heterocycles. The third-order valence-corrected chi connectivity index (χ3v) is 2.91. The SMILES string of the molecule is CCCNC(=O)NC(=O)CN(CCC)CC1CC1. The van der Waals surface area contributed by atoms with Crippen LogP contribution >= 0.6 is 0 Å². The molecule has 5 nitrogen and oxygen atoms in total. The Balaban J connectivity index is 2.23. The summed E-state index contributed by atoms with van der Waals surface area (Å²) in [6.07, 6.45) is 4.45. The van der Waals surface area contributed by atoms with Gasteiger partial charge in [-0.3, -0.25) is 15.0 Å². The van der Waals surface area contributed by atoms with E-state index in [0.717, 1.165) is 31.8 Å². The summed E-state index contributed by atoms with van der Waals surface area (Å²) in [6, 6.07) is -0.385. The maximum atomic E-state index is 11.7. The number of hydrogen-bond acceptors (Lipinski definition) is 3. The summed E-state index contributed by atoms with van der Waals surface area (Å²) in [4.78, 5) is 25.2. The molecule has 18 heavy (non-hydrogen) atoms. The van der Waals surface area contributed by atoms with E-state index in [0.29, 0.717) is 13.1 Å². The average Bonchev–Trinajstić information content (AvgIpc) is 3.10. The average molecular weight is 255 g/mol. The number of nitrogens with zero attached hydrogens (tertiary/aromatic N) is 1. The molecule has 1 aliphatic carbocycles. The van der Waals surface area contributed by atoms with E-state index in [1.807, 2.05) is 6.92 Å². The molecule has 0 bridgehead atoms. The summed E-state index contributed by atoms with van der Waals surface area (Å²) in [7, 11) is 0. The van der Waals surface area contributed by atoms with Gasteiger partial charge in [-0.05, 0) is 38.1 Å². The minimum Gasteiger partial charge on any atom is -0.338 e. The van der Waals surface area contributed by atoms with E-state index < -0.39 is 0 Å². The molecule has 1 aliphatic rings. The number of nitrogens with one attached hydrogen (secondary N) is 2. The van der Waals surface area contributed by atoms with E-state index in [9.17, 15) is 9.59 Å². The molecule has 0 unspecified atom stereocenters. The van der Waals surface area contributed by atoms with Gasteiger partial charge in [0.2, 0.25) is 5.91 Å². The summed E-state index contributed by atoms with van der Waals surface area (Å²) in [6.45, 7) is 6.90. The Morgan fingerprint density at radius 2 is 1.94 bits per heavy atom. The summed E-state index contributed by atoms with van der Waals surface area (Å²) in [5.74, 6) is 0.552. The van der Waals surface area contributed by atoms with Crippen LogP contribution in [0.3, 0.4) is 0 Å². The first-order valence-electron chi connectivity index (χ1n) is 6.95. The van der Waals surface area contributed by atoms with Crippen LogP contribution in [0.15, 0.2) is 0 Å². The van der Waals surface area contributed by atoms with E-state index in [-0.39, 0.29) is 11.9 Å². The molecule has 1 rings (SSSR count). The summed E-state index contributed by atoms with van der Waals surface area (Å²) >= 11 is 0. The van der Waals surface area contributed by atoms with Gasteiger partial charge in [-0.25, -0.2) is 4.79 Å². The fourth-order valence-corrected chi connectivity index (χ4v) is 1.87. The van der Waals surface area contributed by atoms with Crippen molar-refractivity contribution in [3.8, 4) is 0 Å². The van der Waals surface area contributed by atoms with Crippen molar-refractivity contribution < 1.29 is 9.59 Å². The molecule has 1 fully saturated rings. The van der Waals surface area contributed by atoms with Crippen molar-refractivity contribution in [1.82, 2.24) is 15.5 Å². The van der Waals surface area contributed by atoms with Crippen LogP contribution in [0, 0.1) is 5.92 Å². The van der Waals surface area contributed by atoms with Crippen LogP contribution in [0.4, 0.5) is 4.79 Å². The Morgan fingerprint density at radius 3 is 2.50 bits per heavy atom. The fraction of sp³-hybridized carbons (Fsp3) is 0.846. The Labute approximate surface area is 109 Å². The molecular formula is C13H25N3O2. The zero-order valence-electron chi connectivity index (χ0n) is 11.5. The first-order chi connectivity index (χ1) is 8.65. The lowest BCUT2D eigenvalue weighted by atomic mass is 10.3. The second-order valence-electron chi connectivity index (χ2n) is 4.98.